The molecule has 7 nitrogen and oxygen atoms in total. The summed E-state index contributed by atoms with van der Waals surface area (Å²) >= 11 is 1.66. The number of aromatic nitrogens is 2. The van der Waals surface area contributed by atoms with Crippen molar-refractivity contribution in [3.8, 4) is 17.0 Å². The lowest BCUT2D eigenvalue weighted by atomic mass is 10.1. The van der Waals surface area contributed by atoms with E-state index in [-0.39, 0.29) is 5.75 Å². The van der Waals surface area contributed by atoms with Gasteiger partial charge >= 0.3 is 0 Å². The van der Waals surface area contributed by atoms with Crippen molar-refractivity contribution in [2.75, 3.05) is 39.0 Å². The zero-order valence-electron chi connectivity index (χ0n) is 19.8. The fourth-order valence-electron chi connectivity index (χ4n) is 4.59. The van der Waals surface area contributed by atoms with E-state index in [1.807, 2.05) is 13.0 Å². The van der Waals surface area contributed by atoms with Crippen molar-refractivity contribution in [2.24, 2.45) is 0 Å². The normalized spacial score (nSPS) is 16.0. The van der Waals surface area contributed by atoms with Crippen LogP contribution in [0.15, 0.2) is 42.5 Å². The largest absolute Gasteiger partial charge is 0.497 e. The van der Waals surface area contributed by atoms with Gasteiger partial charge in [-0.15, -0.1) is 0 Å². The van der Waals surface area contributed by atoms with E-state index in [0.29, 0.717) is 39.1 Å². The van der Waals surface area contributed by atoms with Crippen molar-refractivity contribution in [3.63, 3.8) is 0 Å². The highest BCUT2D eigenvalue weighted by atomic mass is 32.2. The number of benzene rings is 2. The maximum absolute atomic E-state index is 12.5. The van der Waals surface area contributed by atoms with Crippen LogP contribution in [0, 0.1) is 6.92 Å². The van der Waals surface area contributed by atoms with Crippen LogP contribution >= 0.6 is 11.3 Å². The summed E-state index contributed by atoms with van der Waals surface area (Å²) in [5.41, 5.74) is 5.56. The Morgan fingerprint density at radius 3 is 2.47 bits per heavy atom. The van der Waals surface area contributed by atoms with Gasteiger partial charge in [0.2, 0.25) is 10.0 Å². The van der Waals surface area contributed by atoms with Crippen LogP contribution < -0.4 is 4.74 Å². The number of rotatable bonds is 7. The minimum Gasteiger partial charge on any atom is -0.497 e. The van der Waals surface area contributed by atoms with Gasteiger partial charge in [-0.3, -0.25) is 9.30 Å². The lowest BCUT2D eigenvalue weighted by molar-refractivity contribution is 0.180. The molecule has 2 aromatic heterocycles. The molecule has 0 bridgehead atoms. The number of imidazole rings is 1. The number of piperazine rings is 1. The summed E-state index contributed by atoms with van der Waals surface area (Å²) in [6.07, 6.45) is 0.645. The number of fused-ring (bicyclic) bond motifs is 3. The summed E-state index contributed by atoms with van der Waals surface area (Å²) in [4.78, 5) is 8.35. The first-order valence-corrected chi connectivity index (χ1v) is 14.1. The number of nitrogens with zero attached hydrogens (tertiary/aromatic N) is 4. The molecule has 0 aliphatic carbocycles. The summed E-state index contributed by atoms with van der Waals surface area (Å²) in [6, 6.07) is 14.6. The summed E-state index contributed by atoms with van der Waals surface area (Å²) in [5.74, 6) is 1.06. The van der Waals surface area contributed by atoms with Gasteiger partial charge in [-0.05, 0) is 31.5 Å². The van der Waals surface area contributed by atoms with Crippen LogP contribution in [0.25, 0.3) is 26.4 Å². The zero-order valence-corrected chi connectivity index (χ0v) is 21.5. The minimum atomic E-state index is -3.16. The predicted octanol–water partition coefficient (Wildman–Crippen LogP) is 4.39. The number of aryl methyl sites for hydroxylation is 1. The fraction of sp³-hybridized carbons (Fsp3) is 0.400. The number of hydrogen-bond acceptors (Lipinski definition) is 6. The second-order valence-corrected chi connectivity index (χ2v) is 11.9. The summed E-state index contributed by atoms with van der Waals surface area (Å²) in [5, 5.41) is 0. The standard InChI is InChI=1S/C25H30N4O3S2/c1-4-15-34(30,31)28-13-11-27(12-14-28)17-22-24(19-7-5-18(2)6-8-19)26-25-29(22)21-10-9-20(32-3)16-23(21)33-25/h5-10,16H,4,11-15,17H2,1-3H3. The number of hydrogen-bond donors (Lipinski definition) is 0. The van der Waals surface area contributed by atoms with Crippen LogP contribution in [0.3, 0.4) is 0 Å². The maximum Gasteiger partial charge on any atom is 0.214 e. The van der Waals surface area contributed by atoms with Crippen LogP contribution in [-0.2, 0) is 16.6 Å². The Balaban J connectivity index is 1.51. The van der Waals surface area contributed by atoms with E-state index in [1.54, 1.807) is 22.8 Å². The SMILES string of the molecule is CCCS(=O)(=O)N1CCN(Cc2c(-c3ccc(C)cc3)nc3sc4cc(OC)ccc4n23)CC1. The molecule has 0 N–H and O–H groups in total. The van der Waals surface area contributed by atoms with Gasteiger partial charge in [0.1, 0.15) is 5.75 Å². The van der Waals surface area contributed by atoms with E-state index in [1.165, 1.54) is 5.56 Å². The van der Waals surface area contributed by atoms with Crippen LogP contribution in [0.1, 0.15) is 24.6 Å². The number of thiazole rings is 1. The highest BCUT2D eigenvalue weighted by molar-refractivity contribution is 7.89. The van der Waals surface area contributed by atoms with Gasteiger partial charge in [-0.25, -0.2) is 13.4 Å². The second kappa shape index (κ2) is 9.30. The van der Waals surface area contributed by atoms with Crippen LogP contribution in [0.2, 0.25) is 0 Å². The molecule has 0 unspecified atom stereocenters. The summed E-state index contributed by atoms with van der Waals surface area (Å²) in [6.45, 7) is 7.19. The van der Waals surface area contributed by atoms with Crippen molar-refractivity contribution in [2.45, 2.75) is 26.8 Å². The molecule has 1 aliphatic heterocycles. The van der Waals surface area contributed by atoms with Crippen molar-refractivity contribution in [1.82, 2.24) is 18.6 Å². The predicted molar refractivity (Wildman–Crippen MR) is 138 cm³/mol. The Morgan fingerprint density at radius 2 is 1.79 bits per heavy atom. The Bertz CT molecular complexity index is 1420. The van der Waals surface area contributed by atoms with Gasteiger partial charge in [0.15, 0.2) is 4.96 Å². The average molecular weight is 499 g/mol. The molecule has 9 heteroatoms. The Labute approximate surface area is 204 Å². The third-order valence-electron chi connectivity index (χ3n) is 6.44. The molecule has 5 rings (SSSR count). The first-order chi connectivity index (χ1) is 16.4. The van der Waals surface area contributed by atoms with Gasteiger partial charge in [-0.1, -0.05) is 48.1 Å². The molecule has 3 heterocycles. The topological polar surface area (TPSA) is 67.2 Å². The van der Waals surface area contributed by atoms with Crippen molar-refractivity contribution < 1.29 is 13.2 Å². The number of methoxy groups -OCH3 is 1. The molecular formula is C25H30N4O3S2. The third-order valence-corrected chi connectivity index (χ3v) is 9.52. The molecule has 4 aromatic rings. The van der Waals surface area contributed by atoms with Gasteiger partial charge in [-0.2, -0.15) is 4.31 Å². The highest BCUT2D eigenvalue weighted by Crippen LogP contribution is 2.35. The van der Waals surface area contributed by atoms with Gasteiger partial charge in [0.25, 0.3) is 0 Å². The lowest BCUT2D eigenvalue weighted by Gasteiger charge is -2.34. The third kappa shape index (κ3) is 4.33. The second-order valence-electron chi connectivity index (χ2n) is 8.82. The summed E-state index contributed by atoms with van der Waals surface area (Å²) in [7, 11) is -1.47. The van der Waals surface area contributed by atoms with Gasteiger partial charge in [0, 0.05) is 38.3 Å². The monoisotopic (exact) mass is 498 g/mol. The quantitative estimate of drug-likeness (QED) is 0.378. The fourth-order valence-corrected chi connectivity index (χ4v) is 7.15. The van der Waals surface area contributed by atoms with Crippen molar-refractivity contribution in [3.05, 3.63) is 53.7 Å². The molecule has 180 valence electrons. The van der Waals surface area contributed by atoms with E-state index in [2.05, 4.69) is 52.6 Å². The van der Waals surface area contributed by atoms with Crippen LogP contribution in [0.4, 0.5) is 0 Å². The van der Waals surface area contributed by atoms with Crippen LogP contribution in [-0.4, -0.2) is 66.0 Å². The lowest BCUT2D eigenvalue weighted by Crippen LogP contribution is -2.48. The maximum atomic E-state index is 12.5. The molecule has 0 radical (unpaired) electrons. The first-order valence-electron chi connectivity index (χ1n) is 11.6. The number of ether oxygens (including phenoxy) is 1. The smallest absolute Gasteiger partial charge is 0.214 e. The van der Waals surface area contributed by atoms with E-state index in [9.17, 15) is 8.42 Å². The van der Waals surface area contributed by atoms with E-state index >= 15 is 0 Å². The highest BCUT2D eigenvalue weighted by Gasteiger charge is 2.28. The minimum absolute atomic E-state index is 0.220. The van der Waals surface area contributed by atoms with E-state index in [4.69, 9.17) is 9.72 Å². The average Bonchev–Trinajstić information content (AvgIpc) is 3.36. The zero-order chi connectivity index (χ0) is 23.9. The van der Waals surface area contributed by atoms with Gasteiger partial charge in [0.05, 0.1) is 34.5 Å². The number of sulfonamides is 1. The molecule has 1 saturated heterocycles. The molecule has 0 saturated carbocycles. The molecule has 34 heavy (non-hydrogen) atoms. The molecule has 2 aromatic carbocycles. The first kappa shape index (κ1) is 23.3. The van der Waals surface area contributed by atoms with E-state index in [0.717, 1.165) is 37.9 Å². The molecule has 0 spiro atoms. The molecule has 1 aliphatic rings. The Hall–Kier alpha value is -2.46. The van der Waals surface area contributed by atoms with Gasteiger partial charge < -0.3 is 4.74 Å². The summed E-state index contributed by atoms with van der Waals surface area (Å²) < 4.78 is 35.5. The molecule has 1 fully saturated rings. The molecule has 0 atom stereocenters. The van der Waals surface area contributed by atoms with Crippen molar-refractivity contribution in [1.29, 1.82) is 0 Å². The van der Waals surface area contributed by atoms with Crippen molar-refractivity contribution >= 4 is 36.5 Å². The Morgan fingerprint density at radius 1 is 1.06 bits per heavy atom. The molecular weight excluding hydrogens is 468 g/mol. The molecule has 0 amide bonds. The van der Waals surface area contributed by atoms with E-state index < -0.39 is 10.0 Å². The Kier molecular flexibility index (Phi) is 6.37. The van der Waals surface area contributed by atoms with Crippen LogP contribution in [0.5, 0.6) is 5.75 Å².